The van der Waals surface area contributed by atoms with E-state index in [-0.39, 0.29) is 6.10 Å². The number of aliphatic hydroxyl groups is 1. The van der Waals surface area contributed by atoms with Crippen LogP contribution < -0.4 is 19.7 Å². The molecule has 188 valence electrons. The van der Waals surface area contributed by atoms with Crippen LogP contribution in [-0.2, 0) is 9.09 Å². The maximum atomic E-state index is 14.7. The Balaban J connectivity index is 2.07. The van der Waals surface area contributed by atoms with E-state index in [4.69, 9.17) is 14.0 Å². The van der Waals surface area contributed by atoms with E-state index in [9.17, 15) is 9.67 Å². The third kappa shape index (κ3) is 5.62. The standard InChI is InChI=1S/C27H40NO5P/c1-18(2)23-14-8-19(3)16-25(23)33-34(30,22-12-10-21(11-13-22)28(4)5)27(29)20-9-15-24(31-6)26(17-20)32-7/h9-13,15,17-19,23,25,27,29H,8,14,16H2,1-7H3/t19-,23+,25+,27-,34+/m0/s1. The molecule has 0 radical (unpaired) electrons. The van der Waals surface area contributed by atoms with E-state index in [1.54, 1.807) is 32.4 Å². The van der Waals surface area contributed by atoms with Crippen molar-refractivity contribution >= 4 is 18.4 Å². The van der Waals surface area contributed by atoms with Gasteiger partial charge in [0.25, 0.3) is 7.37 Å². The van der Waals surface area contributed by atoms with Crippen molar-refractivity contribution in [3.05, 3.63) is 48.0 Å². The highest BCUT2D eigenvalue weighted by Crippen LogP contribution is 2.61. The fourth-order valence-electron chi connectivity index (χ4n) is 4.86. The molecule has 0 amide bonds. The maximum absolute atomic E-state index is 14.7. The molecule has 6 nitrogen and oxygen atoms in total. The number of hydrogen-bond donors (Lipinski definition) is 1. The molecule has 34 heavy (non-hydrogen) atoms. The first kappa shape index (κ1) is 26.6. The first-order valence-corrected chi connectivity index (χ1v) is 13.8. The van der Waals surface area contributed by atoms with Gasteiger partial charge in [0.1, 0.15) is 0 Å². The van der Waals surface area contributed by atoms with Crippen molar-refractivity contribution in [3.63, 3.8) is 0 Å². The number of ether oxygens (including phenoxy) is 2. The van der Waals surface area contributed by atoms with Crippen molar-refractivity contribution in [1.29, 1.82) is 0 Å². The Hall–Kier alpha value is -2.01. The SMILES string of the molecule is COc1ccc([C@@H](O)[P@](=O)(O[C@@H]2C[C@@H](C)CC[C@@H]2C(C)C)c2ccc(N(C)C)cc2)cc1OC. The van der Waals surface area contributed by atoms with E-state index in [0.29, 0.717) is 40.1 Å². The molecule has 0 spiro atoms. The summed E-state index contributed by atoms with van der Waals surface area (Å²) in [6.07, 6.45) is 2.83. The van der Waals surface area contributed by atoms with Gasteiger partial charge in [0.15, 0.2) is 17.3 Å². The molecule has 1 saturated carbocycles. The molecule has 0 saturated heterocycles. The van der Waals surface area contributed by atoms with Crippen molar-refractivity contribution in [2.45, 2.75) is 52.0 Å². The van der Waals surface area contributed by atoms with Gasteiger partial charge in [-0.2, -0.15) is 0 Å². The van der Waals surface area contributed by atoms with Crippen LogP contribution in [0.3, 0.4) is 0 Å². The second-order valence-corrected chi connectivity index (χ2v) is 12.4. The van der Waals surface area contributed by atoms with Crippen LogP contribution >= 0.6 is 7.37 Å². The van der Waals surface area contributed by atoms with Crippen LogP contribution in [0.5, 0.6) is 11.5 Å². The Kier molecular flexibility index (Phi) is 8.72. The van der Waals surface area contributed by atoms with Crippen LogP contribution in [0.1, 0.15) is 51.4 Å². The molecule has 5 atom stereocenters. The number of nitrogens with zero attached hydrogens (tertiary/aromatic N) is 1. The van der Waals surface area contributed by atoms with Gasteiger partial charge in [0.05, 0.1) is 20.3 Å². The summed E-state index contributed by atoms with van der Waals surface area (Å²) in [5, 5.41) is 12.1. The molecular formula is C27H40NO5P. The quantitative estimate of drug-likeness (QED) is 0.446. The summed E-state index contributed by atoms with van der Waals surface area (Å²) in [4.78, 5) is 1.98. The van der Waals surface area contributed by atoms with Crippen molar-refractivity contribution < 1.29 is 23.7 Å². The summed E-state index contributed by atoms with van der Waals surface area (Å²) in [6, 6.07) is 12.6. The summed E-state index contributed by atoms with van der Waals surface area (Å²) in [5.74, 6) is 0.874. The molecule has 0 aliphatic heterocycles. The van der Waals surface area contributed by atoms with Crippen LogP contribution in [0.4, 0.5) is 5.69 Å². The Labute approximate surface area is 204 Å². The van der Waals surface area contributed by atoms with Crippen LogP contribution in [-0.4, -0.2) is 39.5 Å². The highest BCUT2D eigenvalue weighted by Gasteiger charge is 2.43. The van der Waals surface area contributed by atoms with Gasteiger partial charge >= 0.3 is 0 Å². The molecule has 1 fully saturated rings. The zero-order valence-electron chi connectivity index (χ0n) is 21.5. The summed E-state index contributed by atoms with van der Waals surface area (Å²) in [6.45, 7) is 6.60. The van der Waals surface area contributed by atoms with Crippen molar-refractivity contribution in [2.24, 2.45) is 17.8 Å². The molecule has 3 rings (SSSR count). The number of hydrogen-bond acceptors (Lipinski definition) is 6. The van der Waals surface area contributed by atoms with Crippen LogP contribution in [0, 0.1) is 17.8 Å². The lowest BCUT2D eigenvalue weighted by molar-refractivity contribution is 0.0427. The molecule has 1 aliphatic rings. The van der Waals surface area contributed by atoms with E-state index >= 15 is 0 Å². The smallest absolute Gasteiger partial charge is 0.264 e. The monoisotopic (exact) mass is 489 g/mol. The van der Waals surface area contributed by atoms with Gasteiger partial charge in [-0.15, -0.1) is 0 Å². The molecule has 1 N–H and O–H groups in total. The van der Waals surface area contributed by atoms with Gasteiger partial charge in [0.2, 0.25) is 0 Å². The molecular weight excluding hydrogens is 449 g/mol. The van der Waals surface area contributed by atoms with Gasteiger partial charge in [-0.05, 0) is 72.6 Å². The van der Waals surface area contributed by atoms with Crippen LogP contribution in [0.15, 0.2) is 42.5 Å². The summed E-state index contributed by atoms with van der Waals surface area (Å²) < 4.78 is 32.1. The molecule has 2 aromatic carbocycles. The lowest BCUT2D eigenvalue weighted by Crippen LogP contribution is -2.35. The normalized spacial score (nSPS) is 23.3. The highest BCUT2D eigenvalue weighted by atomic mass is 31.2. The molecule has 0 bridgehead atoms. The van der Waals surface area contributed by atoms with Crippen LogP contribution in [0.2, 0.25) is 0 Å². The Bertz CT molecular complexity index is 991. The number of rotatable bonds is 9. The third-order valence-corrected chi connectivity index (χ3v) is 9.55. The topological polar surface area (TPSA) is 68.2 Å². The van der Waals surface area contributed by atoms with Crippen molar-refractivity contribution in [3.8, 4) is 11.5 Å². The van der Waals surface area contributed by atoms with E-state index < -0.39 is 13.2 Å². The van der Waals surface area contributed by atoms with E-state index in [1.165, 1.54) is 0 Å². The van der Waals surface area contributed by atoms with Gasteiger partial charge < -0.3 is 24.0 Å². The average Bonchev–Trinajstić information content (AvgIpc) is 2.82. The maximum Gasteiger partial charge on any atom is 0.264 e. The van der Waals surface area contributed by atoms with E-state index in [2.05, 4.69) is 20.8 Å². The lowest BCUT2D eigenvalue weighted by Gasteiger charge is -2.40. The highest BCUT2D eigenvalue weighted by molar-refractivity contribution is 7.67. The fourth-order valence-corrected chi connectivity index (χ4v) is 7.15. The van der Waals surface area contributed by atoms with Gasteiger partial charge in [-0.3, -0.25) is 4.57 Å². The summed E-state index contributed by atoms with van der Waals surface area (Å²) in [5.41, 5.74) is 1.46. The molecule has 2 aromatic rings. The van der Waals surface area contributed by atoms with Gasteiger partial charge in [-0.25, -0.2) is 0 Å². The Morgan fingerprint density at radius 2 is 1.65 bits per heavy atom. The zero-order chi connectivity index (χ0) is 25.0. The molecule has 0 aromatic heterocycles. The predicted octanol–water partition coefficient (Wildman–Crippen LogP) is 5.84. The summed E-state index contributed by atoms with van der Waals surface area (Å²) >= 11 is 0. The second kappa shape index (κ2) is 11.2. The number of methoxy groups -OCH3 is 2. The minimum atomic E-state index is -3.72. The average molecular weight is 490 g/mol. The third-order valence-electron chi connectivity index (χ3n) is 7.01. The van der Waals surface area contributed by atoms with Crippen molar-refractivity contribution in [1.82, 2.24) is 0 Å². The van der Waals surface area contributed by atoms with Crippen LogP contribution in [0.25, 0.3) is 0 Å². The molecule has 0 unspecified atom stereocenters. The number of aliphatic hydroxyl groups excluding tert-OH is 1. The van der Waals surface area contributed by atoms with E-state index in [0.717, 1.165) is 24.9 Å². The largest absolute Gasteiger partial charge is 0.493 e. The first-order valence-electron chi connectivity index (χ1n) is 12.1. The molecule has 0 heterocycles. The summed E-state index contributed by atoms with van der Waals surface area (Å²) in [7, 11) is 3.30. The minimum absolute atomic E-state index is 0.182. The number of anilines is 1. The van der Waals surface area contributed by atoms with Gasteiger partial charge in [-0.1, -0.05) is 33.3 Å². The minimum Gasteiger partial charge on any atom is -0.493 e. The lowest BCUT2D eigenvalue weighted by atomic mass is 9.75. The fraction of sp³-hybridized carbons (Fsp3) is 0.556. The van der Waals surface area contributed by atoms with E-state index in [1.807, 2.05) is 43.3 Å². The zero-order valence-corrected chi connectivity index (χ0v) is 22.4. The Morgan fingerprint density at radius 1 is 1.00 bits per heavy atom. The predicted molar refractivity (Wildman–Crippen MR) is 139 cm³/mol. The molecule has 1 aliphatic carbocycles. The number of benzene rings is 2. The second-order valence-electron chi connectivity index (χ2n) is 9.97. The van der Waals surface area contributed by atoms with Gasteiger partial charge in [0, 0.05) is 25.1 Å². The Morgan fingerprint density at radius 3 is 2.21 bits per heavy atom. The molecule has 7 heteroatoms. The van der Waals surface area contributed by atoms with Crippen molar-refractivity contribution in [2.75, 3.05) is 33.2 Å². The first-order chi connectivity index (χ1) is 16.1.